The fraction of sp³-hybridized carbons (Fsp3) is 0.400. The Labute approximate surface area is 177 Å². The van der Waals surface area contributed by atoms with Crippen LogP contribution in [-0.2, 0) is 6.18 Å². The number of thiocarbonyl (C=S) groups is 1. The van der Waals surface area contributed by atoms with Crippen LogP contribution >= 0.6 is 23.6 Å². The van der Waals surface area contributed by atoms with E-state index in [-0.39, 0.29) is 10.8 Å². The highest BCUT2D eigenvalue weighted by Crippen LogP contribution is 2.36. The molecule has 0 atom stereocenters. The lowest BCUT2D eigenvalue weighted by Crippen LogP contribution is -2.35. The van der Waals surface area contributed by atoms with Gasteiger partial charge in [-0.3, -0.25) is 10.1 Å². The number of anilines is 2. The number of rotatable bonds is 3. The van der Waals surface area contributed by atoms with Crippen LogP contribution in [0.1, 0.15) is 48.0 Å². The Morgan fingerprint density at radius 3 is 2.38 bits per heavy atom. The molecule has 29 heavy (non-hydrogen) atoms. The predicted octanol–water partition coefficient (Wildman–Crippen LogP) is 5.66. The molecule has 0 aliphatic carbocycles. The summed E-state index contributed by atoms with van der Waals surface area (Å²) in [6, 6.07) is 5.28. The van der Waals surface area contributed by atoms with Gasteiger partial charge in [0, 0.05) is 18.5 Å². The molecular weight excluding hydrogens is 419 g/mol. The van der Waals surface area contributed by atoms with Crippen molar-refractivity contribution in [2.45, 2.75) is 38.3 Å². The number of nitrogens with zero attached hydrogens (tertiary/aromatic N) is 1. The Morgan fingerprint density at radius 2 is 1.76 bits per heavy atom. The SMILES string of the molecule is O=C(NC(=S)Nc1cc(C(F)(F)F)ccc1N1CCCCCCC1)c1ccsc1. The van der Waals surface area contributed by atoms with E-state index in [2.05, 4.69) is 15.5 Å². The second kappa shape index (κ2) is 9.58. The highest BCUT2D eigenvalue weighted by Gasteiger charge is 2.31. The summed E-state index contributed by atoms with van der Waals surface area (Å²) >= 11 is 6.57. The standard InChI is InChI=1S/C20H22F3N3OS2/c21-20(22,23)15-6-7-17(26-9-4-2-1-3-5-10-26)16(12-15)24-19(28)25-18(27)14-8-11-29-13-14/h6-8,11-13H,1-5,9-10H2,(H2,24,25,27,28). The lowest BCUT2D eigenvalue weighted by atomic mass is 10.1. The number of nitrogens with one attached hydrogen (secondary N) is 2. The molecule has 4 nitrogen and oxygen atoms in total. The third-order valence-electron chi connectivity index (χ3n) is 4.78. The van der Waals surface area contributed by atoms with Gasteiger partial charge in [-0.25, -0.2) is 0 Å². The molecule has 1 aromatic heterocycles. The summed E-state index contributed by atoms with van der Waals surface area (Å²) in [5.74, 6) is -0.400. The summed E-state index contributed by atoms with van der Waals surface area (Å²) in [7, 11) is 0. The van der Waals surface area contributed by atoms with E-state index < -0.39 is 17.6 Å². The van der Waals surface area contributed by atoms with Gasteiger partial charge in [0.25, 0.3) is 5.91 Å². The summed E-state index contributed by atoms with van der Waals surface area (Å²) < 4.78 is 39.8. The molecule has 2 N–H and O–H groups in total. The number of thiophene rings is 1. The van der Waals surface area contributed by atoms with Gasteiger partial charge < -0.3 is 10.2 Å². The van der Waals surface area contributed by atoms with Gasteiger partial charge >= 0.3 is 6.18 Å². The van der Waals surface area contributed by atoms with Crippen LogP contribution in [-0.4, -0.2) is 24.1 Å². The molecule has 9 heteroatoms. The zero-order chi connectivity index (χ0) is 20.9. The van der Waals surface area contributed by atoms with Crippen LogP contribution in [0.4, 0.5) is 24.5 Å². The van der Waals surface area contributed by atoms with Gasteiger partial charge in [0.1, 0.15) is 0 Å². The molecule has 1 aliphatic rings. The second-order valence-electron chi connectivity index (χ2n) is 6.90. The van der Waals surface area contributed by atoms with Gasteiger partial charge in [-0.2, -0.15) is 24.5 Å². The van der Waals surface area contributed by atoms with Gasteiger partial charge in [-0.05, 0) is 54.7 Å². The predicted molar refractivity (Wildman–Crippen MR) is 115 cm³/mol. The molecule has 3 rings (SSSR count). The summed E-state index contributed by atoms with van der Waals surface area (Å²) in [4.78, 5) is 14.3. The first-order chi connectivity index (χ1) is 13.8. The monoisotopic (exact) mass is 441 g/mol. The number of halogens is 3. The van der Waals surface area contributed by atoms with Gasteiger partial charge in [0.05, 0.1) is 22.5 Å². The normalized spacial score (nSPS) is 15.3. The van der Waals surface area contributed by atoms with Crippen molar-refractivity contribution in [2.24, 2.45) is 0 Å². The molecular formula is C20H22F3N3OS2. The summed E-state index contributed by atoms with van der Waals surface area (Å²) in [5, 5.41) is 8.74. The van der Waals surface area contributed by atoms with Crippen LogP contribution in [0.2, 0.25) is 0 Å². The molecule has 0 radical (unpaired) electrons. The third kappa shape index (κ3) is 5.93. The van der Waals surface area contributed by atoms with E-state index in [9.17, 15) is 18.0 Å². The lowest BCUT2D eigenvalue weighted by Gasteiger charge is -2.29. The van der Waals surface area contributed by atoms with E-state index in [1.807, 2.05) is 0 Å². The van der Waals surface area contributed by atoms with Crippen LogP contribution in [0.5, 0.6) is 0 Å². The Balaban J connectivity index is 1.83. The van der Waals surface area contributed by atoms with Crippen LogP contribution < -0.4 is 15.5 Å². The number of hydrogen-bond acceptors (Lipinski definition) is 4. The Kier molecular flexibility index (Phi) is 7.13. The summed E-state index contributed by atoms with van der Waals surface area (Å²) in [5.41, 5.74) is 0.595. The smallest absolute Gasteiger partial charge is 0.370 e. The number of benzene rings is 1. The van der Waals surface area contributed by atoms with E-state index in [4.69, 9.17) is 12.2 Å². The van der Waals surface area contributed by atoms with Crippen molar-refractivity contribution in [1.82, 2.24) is 5.32 Å². The van der Waals surface area contributed by atoms with Crippen LogP contribution in [0.15, 0.2) is 35.0 Å². The van der Waals surface area contributed by atoms with Crippen molar-refractivity contribution in [3.8, 4) is 0 Å². The van der Waals surface area contributed by atoms with Crippen LogP contribution in [0, 0.1) is 0 Å². The van der Waals surface area contributed by atoms with Crippen molar-refractivity contribution in [1.29, 1.82) is 0 Å². The van der Waals surface area contributed by atoms with E-state index in [0.29, 0.717) is 11.3 Å². The second-order valence-corrected chi connectivity index (χ2v) is 8.09. The van der Waals surface area contributed by atoms with Gasteiger partial charge in [-0.15, -0.1) is 0 Å². The largest absolute Gasteiger partial charge is 0.416 e. The molecule has 1 aliphatic heterocycles. The van der Waals surface area contributed by atoms with E-state index in [0.717, 1.165) is 50.9 Å². The molecule has 1 saturated heterocycles. The van der Waals surface area contributed by atoms with Crippen molar-refractivity contribution < 1.29 is 18.0 Å². The minimum Gasteiger partial charge on any atom is -0.370 e. The Morgan fingerprint density at radius 1 is 1.07 bits per heavy atom. The molecule has 2 heterocycles. The van der Waals surface area contributed by atoms with E-state index in [1.165, 1.54) is 23.8 Å². The van der Waals surface area contributed by atoms with Gasteiger partial charge in [-0.1, -0.05) is 19.3 Å². The molecule has 1 fully saturated rings. The maximum atomic E-state index is 13.3. The molecule has 1 aromatic carbocycles. The fourth-order valence-corrected chi connectivity index (χ4v) is 4.14. The Hall–Kier alpha value is -2.13. The van der Waals surface area contributed by atoms with E-state index in [1.54, 1.807) is 16.8 Å². The van der Waals surface area contributed by atoms with Crippen molar-refractivity contribution in [3.05, 3.63) is 46.2 Å². The molecule has 156 valence electrons. The highest BCUT2D eigenvalue weighted by atomic mass is 32.1. The number of hydrogen-bond donors (Lipinski definition) is 2. The number of amides is 1. The lowest BCUT2D eigenvalue weighted by molar-refractivity contribution is -0.137. The molecule has 0 saturated carbocycles. The molecule has 1 amide bonds. The number of alkyl halides is 3. The first-order valence-corrected chi connectivity index (χ1v) is 10.8. The van der Waals surface area contributed by atoms with Crippen molar-refractivity contribution in [2.75, 3.05) is 23.3 Å². The van der Waals surface area contributed by atoms with Gasteiger partial charge in [0.15, 0.2) is 5.11 Å². The minimum absolute atomic E-state index is 0.0335. The molecule has 0 unspecified atom stereocenters. The highest BCUT2D eigenvalue weighted by molar-refractivity contribution is 7.80. The topological polar surface area (TPSA) is 44.4 Å². The zero-order valence-electron chi connectivity index (χ0n) is 15.7. The molecule has 0 bridgehead atoms. The van der Waals surface area contributed by atoms with Crippen LogP contribution in [0.3, 0.4) is 0 Å². The zero-order valence-corrected chi connectivity index (χ0v) is 17.4. The first-order valence-electron chi connectivity index (χ1n) is 9.45. The average molecular weight is 442 g/mol. The quantitative estimate of drug-likeness (QED) is 0.603. The van der Waals surface area contributed by atoms with Gasteiger partial charge in [0.2, 0.25) is 0 Å². The summed E-state index contributed by atoms with van der Waals surface area (Å²) in [6.45, 7) is 1.54. The fourth-order valence-electron chi connectivity index (χ4n) is 3.30. The molecule has 2 aromatic rings. The first kappa shape index (κ1) is 21.6. The van der Waals surface area contributed by atoms with E-state index >= 15 is 0 Å². The van der Waals surface area contributed by atoms with Crippen molar-refractivity contribution >= 4 is 45.9 Å². The average Bonchev–Trinajstić information content (AvgIpc) is 3.16. The number of carbonyl (C=O) groups is 1. The maximum Gasteiger partial charge on any atom is 0.416 e. The van der Waals surface area contributed by atoms with Crippen molar-refractivity contribution in [3.63, 3.8) is 0 Å². The minimum atomic E-state index is -4.47. The number of carbonyl (C=O) groups excluding carboxylic acids is 1. The molecule has 0 spiro atoms. The van der Waals surface area contributed by atoms with Crippen LogP contribution in [0.25, 0.3) is 0 Å². The maximum absolute atomic E-state index is 13.3. The third-order valence-corrected chi connectivity index (χ3v) is 5.67. The Bertz CT molecular complexity index is 845. The summed E-state index contributed by atoms with van der Waals surface area (Å²) in [6.07, 6.45) is 0.904.